The zero-order valence-corrected chi connectivity index (χ0v) is 17.9. The maximum absolute atomic E-state index is 9.64. The van der Waals surface area contributed by atoms with Gasteiger partial charge in [-0.3, -0.25) is 0 Å². The van der Waals surface area contributed by atoms with E-state index in [9.17, 15) is 5.11 Å². The largest absolute Gasteiger partial charge is 0.395 e. The van der Waals surface area contributed by atoms with Crippen molar-refractivity contribution in [2.24, 2.45) is 0 Å². The van der Waals surface area contributed by atoms with E-state index >= 15 is 0 Å². The van der Waals surface area contributed by atoms with Gasteiger partial charge in [0.05, 0.1) is 17.6 Å². The predicted molar refractivity (Wildman–Crippen MR) is 123 cm³/mol. The van der Waals surface area contributed by atoms with Gasteiger partial charge in [0.2, 0.25) is 0 Å². The van der Waals surface area contributed by atoms with Gasteiger partial charge >= 0.3 is 0 Å². The molecule has 4 aromatic rings. The number of halogens is 2. The highest BCUT2D eigenvalue weighted by atomic mass is 35.5. The van der Waals surface area contributed by atoms with Crippen LogP contribution in [0.2, 0.25) is 10.0 Å². The molecule has 0 amide bonds. The van der Waals surface area contributed by atoms with E-state index in [-0.39, 0.29) is 12.5 Å². The van der Waals surface area contributed by atoms with Crippen LogP contribution in [-0.4, -0.2) is 21.3 Å². The van der Waals surface area contributed by atoms with Crippen LogP contribution in [0.15, 0.2) is 66.7 Å². The van der Waals surface area contributed by atoms with Crippen molar-refractivity contribution in [2.45, 2.75) is 31.2 Å². The van der Waals surface area contributed by atoms with E-state index in [4.69, 9.17) is 28.2 Å². The summed E-state index contributed by atoms with van der Waals surface area (Å²) in [6.07, 6.45) is 2.36. The van der Waals surface area contributed by atoms with Gasteiger partial charge in [0.25, 0.3) is 0 Å². The lowest BCUT2D eigenvalue weighted by Crippen LogP contribution is -2.07. The van der Waals surface area contributed by atoms with Crippen LogP contribution >= 0.6 is 23.2 Å². The summed E-state index contributed by atoms with van der Waals surface area (Å²) in [5.74, 6) is 1.67. The Morgan fingerprint density at radius 3 is 1.97 bits per heavy atom. The standard InChI is InChI=1S/C25H22Cl2N2O/c26-20-8-3-16(4-9-20)24(17-5-10-21(27)11-6-17)19-7-12-22-23(15-19)29(13-14-30)25(28-22)18-1-2-18/h3-12,15,18,24,30H,1-2,13-14H2. The fraction of sp³-hybridized carbons (Fsp3) is 0.240. The van der Waals surface area contributed by atoms with E-state index in [1.54, 1.807) is 0 Å². The molecule has 3 nitrogen and oxygen atoms in total. The summed E-state index contributed by atoms with van der Waals surface area (Å²) >= 11 is 12.3. The summed E-state index contributed by atoms with van der Waals surface area (Å²) in [6.45, 7) is 0.672. The SMILES string of the molecule is OCCn1c(C2CC2)nc2ccc(C(c3ccc(Cl)cc3)c3ccc(Cl)cc3)cc21. The number of nitrogens with zero attached hydrogens (tertiary/aromatic N) is 2. The van der Waals surface area contributed by atoms with E-state index < -0.39 is 0 Å². The summed E-state index contributed by atoms with van der Waals surface area (Å²) in [7, 11) is 0. The van der Waals surface area contributed by atoms with E-state index in [1.165, 1.54) is 18.4 Å². The van der Waals surface area contributed by atoms with Gasteiger partial charge in [0.15, 0.2) is 0 Å². The number of hydrogen-bond donors (Lipinski definition) is 1. The van der Waals surface area contributed by atoms with E-state index in [2.05, 4.69) is 47.0 Å². The third-order valence-corrected chi connectivity index (χ3v) is 6.31. The summed E-state index contributed by atoms with van der Waals surface area (Å²) in [5.41, 5.74) is 5.57. The summed E-state index contributed by atoms with van der Waals surface area (Å²) in [4.78, 5) is 4.88. The summed E-state index contributed by atoms with van der Waals surface area (Å²) < 4.78 is 2.19. The minimum atomic E-state index is 0.0470. The Bertz CT molecular complexity index is 1130. The molecule has 0 unspecified atom stereocenters. The van der Waals surface area contributed by atoms with Gasteiger partial charge in [-0.2, -0.15) is 0 Å². The molecule has 0 atom stereocenters. The first kappa shape index (κ1) is 19.6. The van der Waals surface area contributed by atoms with Gasteiger partial charge in [-0.1, -0.05) is 53.5 Å². The maximum atomic E-state index is 9.64. The fourth-order valence-electron chi connectivity index (χ4n) is 4.21. The van der Waals surface area contributed by atoms with Crippen molar-refractivity contribution >= 4 is 34.2 Å². The average Bonchev–Trinajstić information content (AvgIpc) is 3.54. The van der Waals surface area contributed by atoms with Gasteiger partial charge in [0.1, 0.15) is 5.82 Å². The van der Waals surface area contributed by atoms with Crippen LogP contribution in [0.3, 0.4) is 0 Å². The number of aliphatic hydroxyl groups excluding tert-OH is 1. The molecule has 1 fully saturated rings. The number of aliphatic hydroxyl groups is 1. The van der Waals surface area contributed by atoms with Crippen molar-refractivity contribution < 1.29 is 5.11 Å². The molecule has 1 aliphatic rings. The molecule has 30 heavy (non-hydrogen) atoms. The number of imidazole rings is 1. The zero-order valence-electron chi connectivity index (χ0n) is 16.4. The average molecular weight is 437 g/mol. The Kier molecular flexibility index (Phi) is 5.28. The van der Waals surface area contributed by atoms with E-state index in [0.29, 0.717) is 12.5 Å². The third kappa shape index (κ3) is 3.74. The number of hydrogen-bond acceptors (Lipinski definition) is 2. The molecule has 152 valence electrons. The summed E-state index contributed by atoms with van der Waals surface area (Å²) in [6, 6.07) is 22.5. The molecule has 1 N–H and O–H groups in total. The molecular formula is C25H22Cl2N2O. The molecule has 0 spiro atoms. The number of aromatic nitrogens is 2. The Labute approximate surface area is 185 Å². The second-order valence-electron chi connectivity index (χ2n) is 7.90. The zero-order chi connectivity index (χ0) is 20.7. The molecule has 1 aliphatic carbocycles. The molecule has 5 heteroatoms. The van der Waals surface area contributed by atoms with Crippen LogP contribution in [0.4, 0.5) is 0 Å². The highest BCUT2D eigenvalue weighted by Gasteiger charge is 2.30. The third-order valence-electron chi connectivity index (χ3n) is 5.81. The van der Waals surface area contributed by atoms with Gasteiger partial charge in [0, 0.05) is 28.4 Å². The molecule has 1 heterocycles. The first-order chi connectivity index (χ1) is 14.6. The lowest BCUT2D eigenvalue weighted by Gasteiger charge is -2.19. The van der Waals surface area contributed by atoms with Crippen molar-refractivity contribution in [3.63, 3.8) is 0 Å². The smallest absolute Gasteiger partial charge is 0.113 e. The Morgan fingerprint density at radius 2 is 1.43 bits per heavy atom. The lowest BCUT2D eigenvalue weighted by atomic mass is 9.85. The van der Waals surface area contributed by atoms with Crippen molar-refractivity contribution in [1.82, 2.24) is 9.55 Å². The van der Waals surface area contributed by atoms with E-state index in [1.807, 2.05) is 24.3 Å². The van der Waals surface area contributed by atoms with Gasteiger partial charge in [-0.15, -0.1) is 0 Å². The molecular weight excluding hydrogens is 415 g/mol. The topological polar surface area (TPSA) is 38.0 Å². The number of benzene rings is 3. The molecule has 0 bridgehead atoms. The van der Waals surface area contributed by atoms with Crippen LogP contribution < -0.4 is 0 Å². The van der Waals surface area contributed by atoms with Crippen molar-refractivity contribution in [3.8, 4) is 0 Å². The molecule has 0 saturated heterocycles. The monoisotopic (exact) mass is 436 g/mol. The minimum absolute atomic E-state index is 0.0470. The van der Waals surface area contributed by atoms with Crippen LogP contribution in [0, 0.1) is 0 Å². The quantitative estimate of drug-likeness (QED) is 0.355. The fourth-order valence-corrected chi connectivity index (χ4v) is 4.47. The molecule has 5 rings (SSSR count). The minimum Gasteiger partial charge on any atom is -0.395 e. The first-order valence-electron chi connectivity index (χ1n) is 10.3. The Morgan fingerprint density at radius 1 is 0.867 bits per heavy atom. The van der Waals surface area contributed by atoms with Crippen LogP contribution in [0.1, 0.15) is 47.2 Å². The number of rotatable bonds is 6. The van der Waals surface area contributed by atoms with Crippen LogP contribution in [0.25, 0.3) is 11.0 Å². The predicted octanol–water partition coefficient (Wildman–Crippen LogP) is 6.39. The van der Waals surface area contributed by atoms with Crippen molar-refractivity contribution in [2.75, 3.05) is 6.61 Å². The van der Waals surface area contributed by atoms with Gasteiger partial charge in [-0.25, -0.2) is 4.98 Å². The van der Waals surface area contributed by atoms with Crippen molar-refractivity contribution in [3.05, 3.63) is 99.3 Å². The second kappa shape index (κ2) is 8.07. The molecule has 3 aromatic carbocycles. The van der Waals surface area contributed by atoms with Crippen LogP contribution in [0.5, 0.6) is 0 Å². The van der Waals surface area contributed by atoms with Crippen LogP contribution in [-0.2, 0) is 6.54 Å². The first-order valence-corrected chi connectivity index (χ1v) is 11.0. The van der Waals surface area contributed by atoms with Crippen molar-refractivity contribution in [1.29, 1.82) is 0 Å². The maximum Gasteiger partial charge on any atom is 0.113 e. The molecule has 0 aliphatic heterocycles. The Balaban J connectivity index is 1.67. The molecule has 0 radical (unpaired) electrons. The molecule has 1 aromatic heterocycles. The Hall–Kier alpha value is -2.33. The molecule has 1 saturated carbocycles. The highest BCUT2D eigenvalue weighted by Crippen LogP contribution is 2.41. The van der Waals surface area contributed by atoms with Gasteiger partial charge in [-0.05, 0) is 65.9 Å². The normalized spacial score (nSPS) is 14.0. The lowest BCUT2D eigenvalue weighted by molar-refractivity contribution is 0.276. The van der Waals surface area contributed by atoms with Gasteiger partial charge < -0.3 is 9.67 Å². The summed E-state index contributed by atoms with van der Waals surface area (Å²) in [5, 5.41) is 11.1. The second-order valence-corrected chi connectivity index (χ2v) is 8.78. The number of fused-ring (bicyclic) bond motifs is 1. The van der Waals surface area contributed by atoms with E-state index in [0.717, 1.165) is 38.0 Å². The highest BCUT2D eigenvalue weighted by molar-refractivity contribution is 6.30.